The van der Waals surface area contributed by atoms with Crippen molar-refractivity contribution >= 4 is 17.8 Å². The zero-order valence-electron chi connectivity index (χ0n) is 19.3. The van der Waals surface area contributed by atoms with Gasteiger partial charge in [-0.1, -0.05) is 75.4 Å². The third kappa shape index (κ3) is 7.43. The maximum Gasteiger partial charge on any atom is 0.326 e. The van der Waals surface area contributed by atoms with Crippen LogP contribution in [-0.4, -0.2) is 45.8 Å². The van der Waals surface area contributed by atoms with Gasteiger partial charge in [-0.15, -0.1) is 0 Å². The van der Waals surface area contributed by atoms with Gasteiger partial charge in [0, 0.05) is 0 Å². The molecule has 2 rings (SSSR count). The van der Waals surface area contributed by atoms with Crippen molar-refractivity contribution < 1.29 is 29.7 Å². The van der Waals surface area contributed by atoms with Crippen LogP contribution in [-0.2, 0) is 20.8 Å². The summed E-state index contributed by atoms with van der Waals surface area (Å²) in [7, 11) is 0. The first-order valence-corrected chi connectivity index (χ1v) is 11.1. The summed E-state index contributed by atoms with van der Waals surface area (Å²) >= 11 is 0. The smallest absolute Gasteiger partial charge is 0.326 e. The maximum absolute atomic E-state index is 12.9. The number of aliphatic carboxylic acids is 2. The van der Waals surface area contributed by atoms with Crippen LogP contribution in [0.1, 0.15) is 39.2 Å². The van der Waals surface area contributed by atoms with E-state index in [-0.39, 0.29) is 6.42 Å². The molecule has 178 valence electrons. The van der Waals surface area contributed by atoms with E-state index in [1.807, 2.05) is 54.6 Å². The second kappa shape index (κ2) is 11.6. The summed E-state index contributed by atoms with van der Waals surface area (Å²) in [6.07, 6.45) is 1.35. The average molecular weight is 456 g/mol. The molecule has 1 amide bonds. The second-order valence-corrected chi connectivity index (χ2v) is 9.33. The van der Waals surface area contributed by atoms with Crippen LogP contribution in [0.2, 0.25) is 0 Å². The number of carbonyl (C=O) groups is 3. The van der Waals surface area contributed by atoms with Crippen LogP contribution in [0, 0.1) is 17.3 Å². The molecule has 4 N–H and O–H groups in total. The number of aliphatic hydroxyl groups is 1. The molecule has 3 atom stereocenters. The van der Waals surface area contributed by atoms with Crippen LogP contribution in [0.4, 0.5) is 0 Å². The predicted molar refractivity (Wildman–Crippen MR) is 126 cm³/mol. The Kier molecular flexibility index (Phi) is 9.17. The fourth-order valence-corrected chi connectivity index (χ4v) is 3.81. The van der Waals surface area contributed by atoms with Gasteiger partial charge in [0.15, 0.2) is 0 Å². The first-order chi connectivity index (χ1) is 15.5. The molecule has 0 bridgehead atoms. The number of carbonyl (C=O) groups excluding carboxylic acids is 1. The molecule has 2 unspecified atom stereocenters. The van der Waals surface area contributed by atoms with Crippen LogP contribution in [0.3, 0.4) is 0 Å². The molecular weight excluding hydrogens is 422 g/mol. The van der Waals surface area contributed by atoms with Gasteiger partial charge in [-0.05, 0) is 41.4 Å². The zero-order valence-corrected chi connectivity index (χ0v) is 19.3. The van der Waals surface area contributed by atoms with Crippen molar-refractivity contribution in [2.24, 2.45) is 17.3 Å². The van der Waals surface area contributed by atoms with Gasteiger partial charge in [-0.25, -0.2) is 4.79 Å². The summed E-state index contributed by atoms with van der Waals surface area (Å²) in [4.78, 5) is 36.2. The van der Waals surface area contributed by atoms with Crippen molar-refractivity contribution in [3.05, 3.63) is 60.2 Å². The summed E-state index contributed by atoms with van der Waals surface area (Å²) in [5.41, 5.74) is 2.48. The van der Waals surface area contributed by atoms with Crippen LogP contribution in [0.25, 0.3) is 11.1 Å². The predicted octanol–water partition coefficient (Wildman–Crippen LogP) is 3.60. The minimum Gasteiger partial charge on any atom is -0.481 e. The average Bonchev–Trinajstić information content (AvgIpc) is 2.76. The number of carboxylic acids is 2. The molecule has 0 heterocycles. The van der Waals surface area contributed by atoms with Crippen LogP contribution < -0.4 is 5.32 Å². The fourth-order valence-electron chi connectivity index (χ4n) is 3.81. The van der Waals surface area contributed by atoms with Crippen molar-refractivity contribution in [1.29, 1.82) is 0 Å². The van der Waals surface area contributed by atoms with Gasteiger partial charge in [0.1, 0.15) is 6.04 Å². The lowest BCUT2D eigenvalue weighted by Crippen LogP contribution is -2.52. The van der Waals surface area contributed by atoms with Crippen LogP contribution in [0.5, 0.6) is 0 Å². The molecule has 2 aromatic carbocycles. The third-order valence-electron chi connectivity index (χ3n) is 5.78. The highest BCUT2D eigenvalue weighted by molar-refractivity contribution is 5.88. The Labute approximate surface area is 194 Å². The number of benzene rings is 2. The molecule has 0 aliphatic rings. The maximum atomic E-state index is 12.9. The van der Waals surface area contributed by atoms with E-state index >= 15 is 0 Å². The first-order valence-electron chi connectivity index (χ1n) is 11.1. The minimum absolute atomic E-state index is 0.209. The molecule has 0 aliphatic carbocycles. The molecule has 7 heteroatoms. The molecule has 0 radical (unpaired) electrons. The number of aliphatic hydroxyl groups excluding tert-OH is 1. The molecule has 0 saturated heterocycles. The Hall–Kier alpha value is -3.19. The van der Waals surface area contributed by atoms with Gasteiger partial charge >= 0.3 is 11.9 Å². The first kappa shape index (κ1) is 26.1. The van der Waals surface area contributed by atoms with Crippen molar-refractivity contribution in [2.45, 2.75) is 46.1 Å². The Morgan fingerprint density at radius 3 is 1.91 bits per heavy atom. The normalized spacial score (nSPS) is 14.2. The molecule has 0 aliphatic heterocycles. The molecule has 0 aromatic heterocycles. The van der Waals surface area contributed by atoms with Crippen LogP contribution in [0.15, 0.2) is 54.6 Å². The summed E-state index contributed by atoms with van der Waals surface area (Å²) < 4.78 is 0. The number of amides is 1. The minimum atomic E-state index is -1.31. The van der Waals surface area contributed by atoms with E-state index < -0.39 is 47.7 Å². The van der Waals surface area contributed by atoms with Crippen molar-refractivity contribution in [3.8, 4) is 11.1 Å². The Morgan fingerprint density at radius 1 is 0.848 bits per heavy atom. The van der Waals surface area contributed by atoms with Crippen LogP contribution >= 0.6 is 0 Å². The second-order valence-electron chi connectivity index (χ2n) is 9.33. The monoisotopic (exact) mass is 455 g/mol. The van der Waals surface area contributed by atoms with Crippen molar-refractivity contribution in [1.82, 2.24) is 5.32 Å². The van der Waals surface area contributed by atoms with E-state index in [1.54, 1.807) is 20.8 Å². The van der Waals surface area contributed by atoms with Gasteiger partial charge in [-0.2, -0.15) is 0 Å². The molecular formula is C26H33NO6. The van der Waals surface area contributed by atoms with Crippen molar-refractivity contribution in [2.75, 3.05) is 6.61 Å². The quantitative estimate of drug-likeness (QED) is 0.410. The lowest BCUT2D eigenvalue weighted by atomic mass is 9.83. The number of nitrogens with one attached hydrogen (secondary N) is 1. The standard InChI is InChI=1S/C26H33NO6/c1-26(2,3)22(25(32)33)27-23(29)20(21(16-28)24(30)31)11-7-8-17-12-14-19(15-13-17)18-9-5-4-6-10-18/h4-6,9-10,12-15,20-22,28H,7-8,11,16H2,1-3H3,(H,27,29)(H,30,31)(H,32,33)/t20?,21?,22-/m1/s1. The van der Waals surface area contributed by atoms with E-state index in [9.17, 15) is 29.7 Å². The van der Waals surface area contributed by atoms with Gasteiger partial charge in [0.2, 0.25) is 5.91 Å². The number of rotatable bonds is 11. The lowest BCUT2D eigenvalue weighted by Gasteiger charge is -2.30. The summed E-state index contributed by atoms with van der Waals surface area (Å²) in [5.74, 6) is -5.49. The highest BCUT2D eigenvalue weighted by Crippen LogP contribution is 2.25. The zero-order chi connectivity index (χ0) is 24.6. The Bertz CT molecular complexity index is 934. The van der Waals surface area contributed by atoms with Gasteiger partial charge in [0.05, 0.1) is 18.4 Å². The summed E-state index contributed by atoms with van der Waals surface area (Å²) in [6.45, 7) is 4.34. The molecule has 0 spiro atoms. The highest BCUT2D eigenvalue weighted by Gasteiger charge is 2.38. The molecule has 0 fully saturated rings. The number of hydrogen-bond donors (Lipinski definition) is 4. The molecule has 2 aromatic rings. The van der Waals surface area contributed by atoms with Gasteiger partial charge in [-0.3, -0.25) is 9.59 Å². The lowest BCUT2D eigenvalue weighted by molar-refractivity contribution is -0.151. The fraction of sp³-hybridized carbons (Fsp3) is 0.423. The van der Waals surface area contributed by atoms with E-state index in [2.05, 4.69) is 5.32 Å². The van der Waals surface area contributed by atoms with E-state index in [0.717, 1.165) is 16.7 Å². The van der Waals surface area contributed by atoms with Gasteiger partial charge in [0.25, 0.3) is 0 Å². The largest absolute Gasteiger partial charge is 0.481 e. The Balaban J connectivity index is 2.08. The third-order valence-corrected chi connectivity index (χ3v) is 5.78. The molecule has 0 saturated carbocycles. The highest BCUT2D eigenvalue weighted by atomic mass is 16.4. The summed E-state index contributed by atoms with van der Waals surface area (Å²) in [5, 5.41) is 31.1. The number of hydrogen-bond acceptors (Lipinski definition) is 4. The van der Waals surface area contributed by atoms with Gasteiger partial charge < -0.3 is 20.6 Å². The SMILES string of the molecule is CC(C)(C)[C@H](NC(=O)C(CCCc1ccc(-c2ccccc2)cc1)C(CO)C(=O)O)C(=O)O. The van der Waals surface area contributed by atoms with E-state index in [4.69, 9.17) is 0 Å². The van der Waals surface area contributed by atoms with Crippen molar-refractivity contribution in [3.63, 3.8) is 0 Å². The number of aryl methyl sites for hydroxylation is 1. The number of carboxylic acid groups (broad SMARTS) is 2. The van der Waals surface area contributed by atoms with E-state index in [0.29, 0.717) is 12.8 Å². The Morgan fingerprint density at radius 2 is 1.42 bits per heavy atom. The topological polar surface area (TPSA) is 124 Å². The molecule has 7 nitrogen and oxygen atoms in total. The molecule has 33 heavy (non-hydrogen) atoms. The van der Waals surface area contributed by atoms with E-state index in [1.165, 1.54) is 0 Å². The summed E-state index contributed by atoms with van der Waals surface area (Å²) in [6, 6.07) is 16.8.